The Labute approximate surface area is 296 Å². The third-order valence-corrected chi connectivity index (χ3v) is 10.3. The summed E-state index contributed by atoms with van der Waals surface area (Å²) in [5.41, 5.74) is 13.5. The number of para-hydroxylation sites is 1. The van der Waals surface area contributed by atoms with E-state index in [1.807, 2.05) is 36.7 Å². The molecule has 5 aromatic carbocycles. The normalized spacial score (nSPS) is 18.6. The van der Waals surface area contributed by atoms with Gasteiger partial charge in [-0.2, -0.15) is 0 Å². The second-order valence-corrected chi connectivity index (χ2v) is 12.7. The smallest absolute Gasteiger partial charge is 0.345 e. The molecule has 3 nitrogen and oxygen atoms in total. The summed E-state index contributed by atoms with van der Waals surface area (Å²) in [7, 11) is 0. The maximum atomic E-state index is 4.71. The zero-order valence-corrected chi connectivity index (χ0v) is 28.9. The standard InChI is InChI=1S/C44H31N3.Pt/c1-43(32-14-5-3-6-15-32)34-24-22-30(38-20-9-11-26-45-38)28-40(34)47-41-29-31(39-21-10-12-27-46-39)23-25-35(41)44(2,33-16-7-4-8-17-33)37-19-13-18-36(43)42(37)47;/h3-27H,1-2H3;/q-2;+2. The monoisotopic (exact) mass is 796 g/mol. The average molecular weight is 797 g/mol. The largest absolute Gasteiger partial charge is 2.00 e. The minimum absolute atomic E-state index is 0. The fourth-order valence-corrected chi connectivity index (χ4v) is 7.85. The molecule has 48 heavy (non-hydrogen) atoms. The van der Waals surface area contributed by atoms with Gasteiger partial charge in [0.05, 0.1) is 5.69 Å². The first-order chi connectivity index (χ1) is 23.1. The minimum atomic E-state index is -0.439. The van der Waals surface area contributed by atoms with Crippen molar-refractivity contribution in [3.8, 4) is 22.5 Å². The van der Waals surface area contributed by atoms with E-state index in [2.05, 4.69) is 146 Å². The SMILES string of the molecule is CC1(c2ccccc2)c2ccc(-c3ccccn3)[c-]c2N2c3[c-]c(-c4ccccn4)ccc3C(C)(c3ccccc3)c3cccc1c32.[Pt+2]. The summed E-state index contributed by atoms with van der Waals surface area (Å²) in [5, 5.41) is 0. The molecular weight excluding hydrogens is 766 g/mol. The molecule has 0 amide bonds. The third kappa shape index (κ3) is 4.31. The maximum Gasteiger partial charge on any atom is 2.00 e. The van der Waals surface area contributed by atoms with Crippen LogP contribution >= 0.6 is 0 Å². The molecule has 2 unspecified atom stereocenters. The van der Waals surface area contributed by atoms with Crippen LogP contribution in [0.4, 0.5) is 17.1 Å². The molecule has 232 valence electrons. The van der Waals surface area contributed by atoms with Crippen LogP contribution in [0.2, 0.25) is 0 Å². The van der Waals surface area contributed by atoms with Crippen LogP contribution in [0.25, 0.3) is 22.5 Å². The van der Waals surface area contributed by atoms with Crippen LogP contribution in [-0.4, -0.2) is 9.97 Å². The molecule has 0 N–H and O–H groups in total. The number of nitrogens with zero attached hydrogens (tertiary/aromatic N) is 3. The van der Waals surface area contributed by atoms with E-state index in [9.17, 15) is 0 Å². The minimum Gasteiger partial charge on any atom is -0.345 e. The van der Waals surface area contributed by atoms with Crippen molar-refractivity contribution < 1.29 is 21.1 Å². The van der Waals surface area contributed by atoms with Gasteiger partial charge in [-0.1, -0.05) is 128 Å². The van der Waals surface area contributed by atoms with Crippen LogP contribution in [0.5, 0.6) is 0 Å². The molecule has 2 atom stereocenters. The Morgan fingerprint density at radius 2 is 0.896 bits per heavy atom. The molecule has 4 heteroatoms. The Kier molecular flexibility index (Phi) is 7.27. The van der Waals surface area contributed by atoms with Crippen molar-refractivity contribution in [2.45, 2.75) is 24.7 Å². The van der Waals surface area contributed by atoms with Gasteiger partial charge in [-0.05, 0) is 57.1 Å². The van der Waals surface area contributed by atoms with E-state index in [0.29, 0.717) is 0 Å². The number of hydrogen-bond acceptors (Lipinski definition) is 3. The van der Waals surface area contributed by atoms with Crippen molar-refractivity contribution >= 4 is 17.1 Å². The summed E-state index contributed by atoms with van der Waals surface area (Å²) in [6.07, 6.45) is 3.69. The van der Waals surface area contributed by atoms with Gasteiger partial charge in [0.25, 0.3) is 0 Å². The van der Waals surface area contributed by atoms with Gasteiger partial charge in [-0.15, -0.1) is 47.5 Å². The first kappa shape index (κ1) is 30.2. The maximum absolute atomic E-state index is 4.71. The molecule has 0 saturated heterocycles. The van der Waals surface area contributed by atoms with E-state index in [4.69, 9.17) is 9.97 Å². The zero-order chi connectivity index (χ0) is 31.6. The second-order valence-electron chi connectivity index (χ2n) is 12.7. The van der Waals surface area contributed by atoms with Gasteiger partial charge in [0.2, 0.25) is 0 Å². The number of fused-ring (bicyclic) bond motifs is 4. The molecule has 0 radical (unpaired) electrons. The third-order valence-electron chi connectivity index (χ3n) is 10.3. The van der Waals surface area contributed by atoms with Crippen LogP contribution < -0.4 is 4.90 Å². The summed E-state index contributed by atoms with van der Waals surface area (Å²) in [6.45, 7) is 4.73. The van der Waals surface area contributed by atoms with Crippen molar-refractivity contribution in [3.63, 3.8) is 0 Å². The van der Waals surface area contributed by atoms with E-state index in [-0.39, 0.29) is 21.1 Å². The summed E-state index contributed by atoms with van der Waals surface area (Å²) < 4.78 is 0. The molecule has 0 bridgehead atoms. The molecule has 4 heterocycles. The Morgan fingerprint density at radius 1 is 0.458 bits per heavy atom. The molecule has 2 aromatic heterocycles. The molecule has 2 aliphatic heterocycles. The molecule has 2 aliphatic rings. The van der Waals surface area contributed by atoms with E-state index in [1.54, 1.807) is 0 Å². The predicted molar refractivity (Wildman–Crippen MR) is 189 cm³/mol. The molecule has 0 aliphatic carbocycles. The molecule has 0 spiro atoms. The zero-order valence-electron chi connectivity index (χ0n) is 26.6. The van der Waals surface area contributed by atoms with Crippen LogP contribution in [0.3, 0.4) is 0 Å². The van der Waals surface area contributed by atoms with E-state index in [1.165, 1.54) is 39.1 Å². The number of hydrogen-bond donors (Lipinski definition) is 0. The Hall–Kier alpha value is -5.11. The summed E-state index contributed by atoms with van der Waals surface area (Å²) in [6, 6.07) is 57.4. The number of pyridine rings is 2. The Bertz CT molecular complexity index is 2110. The first-order valence-corrected chi connectivity index (χ1v) is 16.1. The van der Waals surface area contributed by atoms with E-state index in [0.717, 1.165) is 33.9 Å². The van der Waals surface area contributed by atoms with Crippen LogP contribution in [0.15, 0.2) is 152 Å². The van der Waals surface area contributed by atoms with Crippen molar-refractivity contribution in [2.24, 2.45) is 0 Å². The van der Waals surface area contributed by atoms with Gasteiger partial charge in [0.15, 0.2) is 0 Å². The van der Waals surface area contributed by atoms with Gasteiger partial charge < -0.3 is 14.9 Å². The van der Waals surface area contributed by atoms with Crippen molar-refractivity contribution in [1.29, 1.82) is 0 Å². The Balaban J connectivity index is 0.00000336. The molecule has 0 saturated carbocycles. The van der Waals surface area contributed by atoms with E-state index >= 15 is 0 Å². The van der Waals surface area contributed by atoms with Gasteiger partial charge in [-0.3, -0.25) is 0 Å². The van der Waals surface area contributed by atoms with Crippen molar-refractivity contribution in [2.75, 3.05) is 4.90 Å². The average Bonchev–Trinajstić information content (AvgIpc) is 3.15. The van der Waals surface area contributed by atoms with Crippen molar-refractivity contribution in [3.05, 3.63) is 197 Å². The molecule has 9 rings (SSSR count). The molecule has 0 fully saturated rings. The fourth-order valence-electron chi connectivity index (χ4n) is 7.85. The predicted octanol–water partition coefficient (Wildman–Crippen LogP) is 10.2. The number of rotatable bonds is 4. The van der Waals surface area contributed by atoms with Gasteiger partial charge in [0.1, 0.15) is 0 Å². The number of benzene rings is 5. The summed E-state index contributed by atoms with van der Waals surface area (Å²) >= 11 is 0. The second kappa shape index (κ2) is 11.5. The van der Waals surface area contributed by atoms with Crippen LogP contribution in [-0.2, 0) is 31.9 Å². The Morgan fingerprint density at radius 3 is 1.31 bits per heavy atom. The van der Waals surface area contributed by atoms with Gasteiger partial charge in [0, 0.05) is 23.2 Å². The number of anilines is 3. The first-order valence-electron chi connectivity index (χ1n) is 16.1. The topological polar surface area (TPSA) is 29.0 Å². The summed E-state index contributed by atoms with van der Waals surface area (Å²) in [4.78, 5) is 11.8. The molecular formula is C44H31N3Pt. The summed E-state index contributed by atoms with van der Waals surface area (Å²) in [5.74, 6) is 0. The van der Waals surface area contributed by atoms with Crippen LogP contribution in [0.1, 0.15) is 47.2 Å². The number of aromatic nitrogens is 2. The molecule has 7 aromatic rings. The van der Waals surface area contributed by atoms with Crippen molar-refractivity contribution in [1.82, 2.24) is 9.97 Å². The van der Waals surface area contributed by atoms with E-state index < -0.39 is 10.8 Å². The van der Waals surface area contributed by atoms with Gasteiger partial charge in [-0.25, -0.2) is 0 Å². The quantitative estimate of drug-likeness (QED) is 0.166. The van der Waals surface area contributed by atoms with Gasteiger partial charge >= 0.3 is 21.1 Å². The fraction of sp³-hybridized carbons (Fsp3) is 0.0909. The van der Waals surface area contributed by atoms with Crippen LogP contribution in [0, 0.1) is 12.1 Å².